The van der Waals surface area contributed by atoms with Crippen LogP contribution in [0.15, 0.2) is 12.2 Å². The maximum atomic E-state index is 11.0. The van der Waals surface area contributed by atoms with E-state index >= 15 is 0 Å². The van der Waals surface area contributed by atoms with Crippen LogP contribution in [0, 0.1) is 0 Å². The highest BCUT2D eigenvalue weighted by molar-refractivity contribution is 5.87. The predicted octanol–water partition coefficient (Wildman–Crippen LogP) is 1.20. The number of hydrogen-bond donors (Lipinski definition) is 0. The lowest BCUT2D eigenvalue weighted by atomic mass is 10.2. The third kappa shape index (κ3) is 3.19. The molecule has 0 aliphatic carbocycles. The van der Waals surface area contributed by atoms with Gasteiger partial charge in [0.1, 0.15) is 0 Å². The van der Waals surface area contributed by atoms with Gasteiger partial charge < -0.3 is 9.64 Å². The lowest BCUT2D eigenvalue weighted by molar-refractivity contribution is -0.136. The maximum Gasteiger partial charge on any atom is 0.333 e. The summed E-state index contributed by atoms with van der Waals surface area (Å²) in [5.74, 6) is -0.279. The largest absolute Gasteiger partial charge is 0.466 e. The summed E-state index contributed by atoms with van der Waals surface area (Å²) in [4.78, 5) is 13.3. The van der Waals surface area contributed by atoms with Crippen LogP contribution in [-0.4, -0.2) is 37.6 Å². The van der Waals surface area contributed by atoms with Crippen molar-refractivity contribution in [2.24, 2.45) is 0 Å². The van der Waals surface area contributed by atoms with Gasteiger partial charge in [-0.25, -0.2) is 4.79 Å². The number of rotatable bonds is 4. The molecule has 3 heteroatoms. The Morgan fingerprint density at radius 1 is 1.46 bits per heavy atom. The Labute approximate surface area is 79.4 Å². The van der Waals surface area contributed by atoms with Crippen molar-refractivity contribution >= 4 is 5.97 Å². The van der Waals surface area contributed by atoms with Crippen LogP contribution in [0.4, 0.5) is 0 Å². The molecule has 1 rings (SSSR count). The lowest BCUT2D eigenvalue weighted by Gasteiger charge is -2.14. The molecule has 0 spiro atoms. The second kappa shape index (κ2) is 5.02. The first-order chi connectivity index (χ1) is 6.24. The van der Waals surface area contributed by atoms with E-state index in [9.17, 15) is 4.79 Å². The van der Waals surface area contributed by atoms with Crippen LogP contribution >= 0.6 is 0 Å². The molecule has 74 valence electrons. The Bertz CT molecular complexity index is 195. The van der Waals surface area contributed by atoms with E-state index in [2.05, 4.69) is 16.2 Å². The molecule has 0 aromatic carbocycles. The molecule has 0 bridgehead atoms. The number of nitrogens with zero attached hydrogens (tertiary/aromatic N) is 1. The molecule has 0 saturated carbocycles. The summed E-state index contributed by atoms with van der Waals surface area (Å²) in [5.41, 5.74) is 0.578. The fourth-order valence-corrected chi connectivity index (χ4v) is 1.55. The zero-order valence-electron chi connectivity index (χ0n) is 8.21. The highest BCUT2D eigenvalue weighted by Gasteiger charge is 2.13. The average molecular weight is 183 g/mol. The number of methoxy groups -OCH3 is 1. The van der Waals surface area contributed by atoms with Crippen molar-refractivity contribution in [3.8, 4) is 0 Å². The average Bonchev–Trinajstić information content (AvgIpc) is 2.65. The van der Waals surface area contributed by atoms with Crippen LogP contribution in [0.1, 0.15) is 19.3 Å². The first kappa shape index (κ1) is 10.3. The smallest absolute Gasteiger partial charge is 0.333 e. The molecule has 0 amide bonds. The molecule has 13 heavy (non-hydrogen) atoms. The molecule has 0 radical (unpaired) electrons. The van der Waals surface area contributed by atoms with E-state index in [4.69, 9.17) is 0 Å². The van der Waals surface area contributed by atoms with Crippen molar-refractivity contribution in [3.63, 3.8) is 0 Å². The number of carbonyl (C=O) groups is 1. The molecule has 0 N–H and O–H groups in total. The molecule has 0 atom stereocenters. The summed E-state index contributed by atoms with van der Waals surface area (Å²) < 4.78 is 4.57. The minimum absolute atomic E-state index is 0.279. The Morgan fingerprint density at radius 3 is 2.62 bits per heavy atom. The van der Waals surface area contributed by atoms with Gasteiger partial charge in [0, 0.05) is 12.1 Å². The summed E-state index contributed by atoms with van der Waals surface area (Å²) in [6, 6.07) is 0. The zero-order chi connectivity index (χ0) is 9.68. The van der Waals surface area contributed by atoms with E-state index in [-0.39, 0.29) is 5.97 Å². The van der Waals surface area contributed by atoms with Gasteiger partial charge in [-0.15, -0.1) is 0 Å². The van der Waals surface area contributed by atoms with Gasteiger partial charge in [0.05, 0.1) is 7.11 Å². The predicted molar refractivity (Wildman–Crippen MR) is 51.4 cm³/mol. The minimum atomic E-state index is -0.279. The van der Waals surface area contributed by atoms with Crippen molar-refractivity contribution in [1.29, 1.82) is 0 Å². The quantitative estimate of drug-likeness (QED) is 0.484. The van der Waals surface area contributed by atoms with Gasteiger partial charge in [-0.05, 0) is 32.4 Å². The fraction of sp³-hybridized carbons (Fsp3) is 0.700. The number of carbonyl (C=O) groups excluding carboxylic acids is 1. The van der Waals surface area contributed by atoms with Gasteiger partial charge in [0.25, 0.3) is 0 Å². The molecule has 0 unspecified atom stereocenters. The van der Waals surface area contributed by atoms with Crippen molar-refractivity contribution in [2.45, 2.75) is 19.3 Å². The molecule has 0 aromatic rings. The van der Waals surface area contributed by atoms with Crippen molar-refractivity contribution in [3.05, 3.63) is 12.2 Å². The standard InChI is InChI=1S/C10H17NO2/c1-9(10(12)13-2)5-8-11-6-3-4-7-11/h1,3-8H2,2H3. The van der Waals surface area contributed by atoms with E-state index in [1.54, 1.807) is 0 Å². The molecule has 1 saturated heterocycles. The summed E-state index contributed by atoms with van der Waals surface area (Å²) in [5, 5.41) is 0. The first-order valence-electron chi connectivity index (χ1n) is 4.72. The molecule has 3 nitrogen and oxygen atoms in total. The third-order valence-electron chi connectivity index (χ3n) is 2.40. The second-order valence-corrected chi connectivity index (χ2v) is 3.39. The van der Waals surface area contributed by atoms with Gasteiger partial charge in [0.2, 0.25) is 0 Å². The third-order valence-corrected chi connectivity index (χ3v) is 2.40. The Kier molecular flexibility index (Phi) is 3.96. The molecule has 1 fully saturated rings. The number of esters is 1. The summed E-state index contributed by atoms with van der Waals surface area (Å²) in [6.45, 7) is 6.95. The summed E-state index contributed by atoms with van der Waals surface area (Å²) in [6.07, 6.45) is 3.29. The van der Waals surface area contributed by atoms with E-state index < -0.39 is 0 Å². The molecular weight excluding hydrogens is 166 g/mol. The Morgan fingerprint density at radius 2 is 2.08 bits per heavy atom. The first-order valence-corrected chi connectivity index (χ1v) is 4.72. The van der Waals surface area contributed by atoms with E-state index in [1.807, 2.05) is 0 Å². The molecule has 1 heterocycles. The van der Waals surface area contributed by atoms with Crippen LogP contribution in [0.2, 0.25) is 0 Å². The van der Waals surface area contributed by atoms with E-state index in [1.165, 1.54) is 20.0 Å². The molecule has 0 aromatic heterocycles. The van der Waals surface area contributed by atoms with Crippen LogP contribution in [-0.2, 0) is 9.53 Å². The maximum absolute atomic E-state index is 11.0. The number of hydrogen-bond acceptors (Lipinski definition) is 3. The second-order valence-electron chi connectivity index (χ2n) is 3.39. The monoisotopic (exact) mass is 183 g/mol. The van der Waals surface area contributed by atoms with Crippen LogP contribution in [0.25, 0.3) is 0 Å². The van der Waals surface area contributed by atoms with Crippen LogP contribution in [0.3, 0.4) is 0 Å². The van der Waals surface area contributed by atoms with Gasteiger partial charge in [-0.1, -0.05) is 6.58 Å². The number of ether oxygens (including phenoxy) is 1. The molecular formula is C10H17NO2. The van der Waals surface area contributed by atoms with Crippen LogP contribution < -0.4 is 0 Å². The fourth-order valence-electron chi connectivity index (χ4n) is 1.55. The van der Waals surface area contributed by atoms with Crippen molar-refractivity contribution in [1.82, 2.24) is 4.90 Å². The summed E-state index contributed by atoms with van der Waals surface area (Å²) in [7, 11) is 1.39. The number of likely N-dealkylation sites (tertiary alicyclic amines) is 1. The Hall–Kier alpha value is -0.830. The molecule has 1 aliphatic rings. The van der Waals surface area contributed by atoms with E-state index in [0.29, 0.717) is 5.57 Å². The minimum Gasteiger partial charge on any atom is -0.466 e. The zero-order valence-corrected chi connectivity index (χ0v) is 8.21. The van der Waals surface area contributed by atoms with E-state index in [0.717, 1.165) is 26.1 Å². The van der Waals surface area contributed by atoms with Gasteiger partial charge >= 0.3 is 5.97 Å². The highest BCUT2D eigenvalue weighted by Crippen LogP contribution is 2.10. The van der Waals surface area contributed by atoms with Crippen molar-refractivity contribution < 1.29 is 9.53 Å². The Balaban J connectivity index is 2.17. The normalized spacial score (nSPS) is 17.3. The lowest BCUT2D eigenvalue weighted by Crippen LogP contribution is -2.21. The van der Waals surface area contributed by atoms with Crippen LogP contribution in [0.5, 0.6) is 0 Å². The topological polar surface area (TPSA) is 29.5 Å². The SMILES string of the molecule is C=C(CCN1CCCC1)C(=O)OC. The summed E-state index contributed by atoms with van der Waals surface area (Å²) >= 11 is 0. The highest BCUT2D eigenvalue weighted by atomic mass is 16.5. The van der Waals surface area contributed by atoms with Gasteiger partial charge in [0.15, 0.2) is 0 Å². The van der Waals surface area contributed by atoms with Gasteiger partial charge in [-0.3, -0.25) is 0 Å². The molecule has 1 aliphatic heterocycles. The van der Waals surface area contributed by atoms with Gasteiger partial charge in [-0.2, -0.15) is 0 Å². The van der Waals surface area contributed by atoms with Crippen molar-refractivity contribution in [2.75, 3.05) is 26.7 Å².